The Morgan fingerprint density at radius 1 is 1.39 bits per heavy atom. The predicted molar refractivity (Wildman–Crippen MR) is 73.2 cm³/mol. The largest absolute Gasteiger partial charge is 0.293 e. The maximum Gasteiger partial charge on any atom is 0.175 e. The fraction of sp³-hybridized carbons (Fsp3) is 0.333. The first-order valence-corrected chi connectivity index (χ1v) is 7.22. The fourth-order valence-electron chi connectivity index (χ4n) is 2.74. The van der Waals surface area contributed by atoms with Crippen molar-refractivity contribution in [3.8, 4) is 0 Å². The summed E-state index contributed by atoms with van der Waals surface area (Å²) in [6.45, 7) is 0. The smallest absolute Gasteiger partial charge is 0.175 e. The second-order valence-corrected chi connectivity index (χ2v) is 5.67. The standard InChI is InChI=1S/C15H15NOS/c17-14(15-9-16-10-18-15)8-12-6-3-5-11-4-1-2-7-13(11)12/h1-2,4,7,9-10,12H,3,5-6,8H2. The van der Waals surface area contributed by atoms with Crippen molar-refractivity contribution in [1.29, 1.82) is 0 Å². The quantitative estimate of drug-likeness (QED) is 0.782. The maximum atomic E-state index is 12.2. The van der Waals surface area contributed by atoms with E-state index in [-0.39, 0.29) is 5.78 Å². The van der Waals surface area contributed by atoms with Crippen molar-refractivity contribution >= 4 is 17.1 Å². The monoisotopic (exact) mass is 257 g/mol. The molecule has 92 valence electrons. The van der Waals surface area contributed by atoms with E-state index in [0.717, 1.165) is 17.7 Å². The molecule has 1 aromatic heterocycles. The van der Waals surface area contributed by atoms with Crippen LogP contribution in [0.25, 0.3) is 0 Å². The Hall–Kier alpha value is -1.48. The Labute approximate surface area is 111 Å². The van der Waals surface area contributed by atoms with E-state index in [1.807, 2.05) is 0 Å². The van der Waals surface area contributed by atoms with Crippen LogP contribution in [0.5, 0.6) is 0 Å². The van der Waals surface area contributed by atoms with E-state index in [1.165, 1.54) is 28.9 Å². The minimum atomic E-state index is 0.235. The molecular weight excluding hydrogens is 242 g/mol. The van der Waals surface area contributed by atoms with Crippen LogP contribution >= 0.6 is 11.3 Å². The van der Waals surface area contributed by atoms with E-state index in [4.69, 9.17) is 0 Å². The zero-order valence-corrected chi connectivity index (χ0v) is 11.0. The van der Waals surface area contributed by atoms with E-state index < -0.39 is 0 Å². The number of aromatic nitrogens is 1. The second kappa shape index (κ2) is 5.02. The molecule has 3 rings (SSSR count). The van der Waals surface area contributed by atoms with Crippen LogP contribution in [0.2, 0.25) is 0 Å². The lowest BCUT2D eigenvalue weighted by molar-refractivity contribution is 0.0975. The van der Waals surface area contributed by atoms with Gasteiger partial charge in [-0.3, -0.25) is 9.78 Å². The minimum Gasteiger partial charge on any atom is -0.293 e. The van der Waals surface area contributed by atoms with Crippen LogP contribution in [0.3, 0.4) is 0 Å². The third kappa shape index (κ3) is 2.23. The zero-order chi connectivity index (χ0) is 12.4. The molecule has 1 heterocycles. The van der Waals surface area contributed by atoms with Gasteiger partial charge in [0.2, 0.25) is 0 Å². The SMILES string of the molecule is O=C(CC1CCCc2ccccc21)c1cncs1. The van der Waals surface area contributed by atoms with Crippen molar-refractivity contribution in [1.82, 2.24) is 4.98 Å². The summed E-state index contributed by atoms with van der Waals surface area (Å²) in [5.41, 5.74) is 4.52. The molecule has 0 amide bonds. The Morgan fingerprint density at radius 3 is 3.11 bits per heavy atom. The van der Waals surface area contributed by atoms with Crippen LogP contribution in [0.1, 0.15) is 46.0 Å². The molecule has 1 atom stereocenters. The first-order valence-electron chi connectivity index (χ1n) is 6.34. The minimum absolute atomic E-state index is 0.235. The van der Waals surface area contributed by atoms with Crippen molar-refractivity contribution < 1.29 is 4.79 Å². The van der Waals surface area contributed by atoms with Gasteiger partial charge in [0.15, 0.2) is 5.78 Å². The van der Waals surface area contributed by atoms with Gasteiger partial charge in [-0.05, 0) is 36.3 Å². The number of carbonyl (C=O) groups excluding carboxylic acids is 1. The molecule has 2 aromatic rings. The highest BCUT2D eigenvalue weighted by Crippen LogP contribution is 2.34. The molecule has 0 N–H and O–H groups in total. The highest BCUT2D eigenvalue weighted by molar-refractivity contribution is 7.11. The van der Waals surface area contributed by atoms with Gasteiger partial charge in [-0.2, -0.15) is 0 Å². The lowest BCUT2D eigenvalue weighted by atomic mass is 9.80. The van der Waals surface area contributed by atoms with Crippen LogP contribution in [0.4, 0.5) is 0 Å². The molecule has 1 aromatic carbocycles. The Kier molecular flexibility index (Phi) is 3.24. The van der Waals surface area contributed by atoms with Crippen LogP contribution in [0.15, 0.2) is 36.0 Å². The Bertz CT molecular complexity index is 547. The van der Waals surface area contributed by atoms with Crippen LogP contribution in [0, 0.1) is 0 Å². The summed E-state index contributed by atoms with van der Waals surface area (Å²) in [4.78, 5) is 16.9. The lowest BCUT2D eigenvalue weighted by Crippen LogP contribution is -2.13. The number of nitrogens with zero attached hydrogens (tertiary/aromatic N) is 1. The van der Waals surface area contributed by atoms with Crippen molar-refractivity contribution in [2.24, 2.45) is 0 Å². The van der Waals surface area contributed by atoms with Gasteiger partial charge in [0.1, 0.15) is 0 Å². The van der Waals surface area contributed by atoms with Gasteiger partial charge in [-0.1, -0.05) is 24.3 Å². The van der Waals surface area contributed by atoms with Gasteiger partial charge in [-0.15, -0.1) is 11.3 Å². The molecule has 0 aliphatic heterocycles. The molecule has 0 fully saturated rings. The van der Waals surface area contributed by atoms with Crippen molar-refractivity contribution in [3.05, 3.63) is 52.0 Å². The average molecular weight is 257 g/mol. The third-order valence-electron chi connectivity index (χ3n) is 3.63. The van der Waals surface area contributed by atoms with E-state index in [2.05, 4.69) is 29.2 Å². The number of Topliss-reactive ketones (excluding diaryl/α,β-unsaturated/α-hetero) is 1. The number of aryl methyl sites for hydroxylation is 1. The Morgan fingerprint density at radius 2 is 2.28 bits per heavy atom. The molecular formula is C15H15NOS. The molecule has 0 saturated heterocycles. The van der Waals surface area contributed by atoms with Gasteiger partial charge >= 0.3 is 0 Å². The summed E-state index contributed by atoms with van der Waals surface area (Å²) in [6.07, 6.45) is 5.78. The van der Waals surface area contributed by atoms with Gasteiger partial charge in [0.05, 0.1) is 10.4 Å². The first kappa shape index (κ1) is 11.6. The molecule has 1 aliphatic carbocycles. The third-order valence-corrected chi connectivity index (χ3v) is 4.45. The molecule has 0 saturated carbocycles. The number of hydrogen-bond acceptors (Lipinski definition) is 3. The molecule has 1 unspecified atom stereocenters. The molecule has 3 heteroatoms. The second-order valence-electron chi connectivity index (χ2n) is 4.78. The Balaban J connectivity index is 1.80. The number of hydrogen-bond donors (Lipinski definition) is 0. The summed E-state index contributed by atoms with van der Waals surface area (Å²) >= 11 is 1.44. The van der Waals surface area contributed by atoms with Crippen molar-refractivity contribution in [2.45, 2.75) is 31.6 Å². The number of carbonyl (C=O) groups is 1. The topological polar surface area (TPSA) is 30.0 Å². The van der Waals surface area contributed by atoms with Gasteiger partial charge < -0.3 is 0 Å². The summed E-state index contributed by atoms with van der Waals surface area (Å²) in [5.74, 6) is 0.628. The van der Waals surface area contributed by atoms with E-state index >= 15 is 0 Å². The number of rotatable bonds is 3. The first-order chi connectivity index (χ1) is 8.84. The average Bonchev–Trinajstić information content (AvgIpc) is 2.93. The maximum absolute atomic E-state index is 12.2. The number of thiazole rings is 1. The summed E-state index contributed by atoms with van der Waals surface area (Å²) in [5, 5.41) is 0. The van der Waals surface area contributed by atoms with Crippen molar-refractivity contribution in [2.75, 3.05) is 0 Å². The molecule has 0 spiro atoms. The molecule has 18 heavy (non-hydrogen) atoms. The molecule has 0 radical (unpaired) electrons. The van der Waals surface area contributed by atoms with Gasteiger partial charge in [0.25, 0.3) is 0 Å². The summed E-state index contributed by atoms with van der Waals surface area (Å²) in [7, 11) is 0. The summed E-state index contributed by atoms with van der Waals surface area (Å²) < 4.78 is 0. The van der Waals surface area contributed by atoms with E-state index in [9.17, 15) is 4.79 Å². The van der Waals surface area contributed by atoms with Crippen LogP contribution < -0.4 is 0 Å². The normalized spacial score (nSPS) is 18.3. The number of benzene rings is 1. The fourth-order valence-corrected chi connectivity index (χ4v) is 3.32. The highest BCUT2D eigenvalue weighted by atomic mass is 32.1. The van der Waals surface area contributed by atoms with E-state index in [0.29, 0.717) is 12.3 Å². The summed E-state index contributed by atoms with van der Waals surface area (Å²) in [6, 6.07) is 8.54. The van der Waals surface area contributed by atoms with Crippen molar-refractivity contribution in [3.63, 3.8) is 0 Å². The zero-order valence-electron chi connectivity index (χ0n) is 10.1. The molecule has 0 bridgehead atoms. The van der Waals surface area contributed by atoms with Gasteiger partial charge in [0, 0.05) is 12.6 Å². The van der Waals surface area contributed by atoms with Crippen LogP contribution in [-0.2, 0) is 6.42 Å². The highest BCUT2D eigenvalue weighted by Gasteiger charge is 2.23. The predicted octanol–water partition coefficient (Wildman–Crippen LogP) is 3.84. The molecule has 1 aliphatic rings. The number of ketones is 1. The lowest BCUT2D eigenvalue weighted by Gasteiger charge is -2.24. The van der Waals surface area contributed by atoms with Gasteiger partial charge in [-0.25, -0.2) is 0 Å². The van der Waals surface area contributed by atoms with E-state index in [1.54, 1.807) is 11.7 Å². The molecule has 2 nitrogen and oxygen atoms in total. The van der Waals surface area contributed by atoms with Crippen LogP contribution in [-0.4, -0.2) is 10.8 Å². The number of fused-ring (bicyclic) bond motifs is 1.